The number of methoxy groups -OCH3 is 1. The predicted octanol–water partition coefficient (Wildman–Crippen LogP) is 3.44. The quantitative estimate of drug-likeness (QED) is 0.543. The lowest BCUT2D eigenvalue weighted by molar-refractivity contribution is -0.139. The van der Waals surface area contributed by atoms with E-state index in [9.17, 15) is 13.2 Å². The molecule has 0 spiro atoms. The lowest BCUT2D eigenvalue weighted by atomic mass is 9.96. The molecule has 0 bridgehead atoms. The van der Waals surface area contributed by atoms with Crippen LogP contribution < -0.4 is 4.74 Å². The molecule has 2 aromatic rings. The van der Waals surface area contributed by atoms with Crippen molar-refractivity contribution in [3.8, 4) is 5.75 Å². The fraction of sp³-hybridized carbons (Fsp3) is 0.500. The van der Waals surface area contributed by atoms with Gasteiger partial charge >= 0.3 is 0 Å². The zero-order valence-corrected chi connectivity index (χ0v) is 20.6. The Morgan fingerprint density at radius 3 is 2.44 bits per heavy atom. The van der Waals surface area contributed by atoms with Crippen molar-refractivity contribution in [2.75, 3.05) is 33.4 Å². The maximum atomic E-state index is 13.6. The summed E-state index contributed by atoms with van der Waals surface area (Å²) in [7, 11) is -1.77. The van der Waals surface area contributed by atoms with Crippen LogP contribution >= 0.6 is 0 Å². The Kier molecular flexibility index (Phi) is 8.24. The van der Waals surface area contributed by atoms with E-state index >= 15 is 0 Å². The van der Waals surface area contributed by atoms with E-state index < -0.39 is 10.0 Å². The van der Waals surface area contributed by atoms with Crippen molar-refractivity contribution < 1.29 is 22.7 Å². The van der Waals surface area contributed by atoms with Crippen molar-refractivity contribution in [3.05, 3.63) is 65.7 Å². The average molecular weight is 487 g/mol. The monoisotopic (exact) mass is 486 g/mol. The van der Waals surface area contributed by atoms with E-state index in [0.717, 1.165) is 36.3 Å². The van der Waals surface area contributed by atoms with Crippen molar-refractivity contribution in [2.45, 2.75) is 44.1 Å². The van der Waals surface area contributed by atoms with Crippen molar-refractivity contribution in [1.82, 2.24) is 9.21 Å². The van der Waals surface area contributed by atoms with E-state index in [4.69, 9.17) is 9.47 Å². The summed E-state index contributed by atoms with van der Waals surface area (Å²) in [5, 5.41) is 0. The highest BCUT2D eigenvalue weighted by molar-refractivity contribution is 7.88. The number of sulfonamides is 1. The highest BCUT2D eigenvalue weighted by Crippen LogP contribution is 2.27. The van der Waals surface area contributed by atoms with E-state index in [1.54, 1.807) is 7.11 Å². The van der Waals surface area contributed by atoms with Crippen LogP contribution in [0.15, 0.2) is 54.6 Å². The number of benzene rings is 2. The number of carbonyl (C=O) groups is 1. The number of hydrogen-bond donors (Lipinski definition) is 0. The van der Waals surface area contributed by atoms with Crippen LogP contribution in [-0.2, 0) is 31.9 Å². The Labute approximate surface area is 202 Å². The molecule has 7 nitrogen and oxygen atoms in total. The van der Waals surface area contributed by atoms with Gasteiger partial charge in [-0.15, -0.1) is 0 Å². The first-order valence-corrected chi connectivity index (χ1v) is 13.6. The summed E-state index contributed by atoms with van der Waals surface area (Å²) in [5.74, 6) is 0.626. The number of rotatable bonds is 9. The van der Waals surface area contributed by atoms with Crippen LogP contribution in [0.25, 0.3) is 0 Å². The SMILES string of the molecule is COc1ccccc1CN(CC1CCCO1)C(=O)C1CCN(S(=O)(=O)Cc2ccccc2)CC1. The van der Waals surface area contributed by atoms with Gasteiger partial charge in [0, 0.05) is 44.3 Å². The molecule has 2 heterocycles. The summed E-state index contributed by atoms with van der Waals surface area (Å²) in [6.45, 7) is 2.47. The molecule has 1 atom stereocenters. The lowest BCUT2D eigenvalue weighted by Gasteiger charge is -2.34. The largest absolute Gasteiger partial charge is 0.496 e. The van der Waals surface area contributed by atoms with Crippen LogP contribution in [0.3, 0.4) is 0 Å². The third-order valence-corrected chi connectivity index (χ3v) is 8.55. The average Bonchev–Trinajstić information content (AvgIpc) is 3.37. The molecule has 0 saturated carbocycles. The summed E-state index contributed by atoms with van der Waals surface area (Å²) in [6.07, 6.45) is 3.07. The molecule has 2 aliphatic rings. The maximum Gasteiger partial charge on any atom is 0.226 e. The fourth-order valence-electron chi connectivity index (χ4n) is 4.82. The predicted molar refractivity (Wildman–Crippen MR) is 131 cm³/mol. The maximum absolute atomic E-state index is 13.6. The highest BCUT2D eigenvalue weighted by atomic mass is 32.2. The Bertz CT molecular complexity index is 1050. The highest BCUT2D eigenvalue weighted by Gasteiger charge is 2.34. The van der Waals surface area contributed by atoms with E-state index in [-0.39, 0.29) is 23.7 Å². The third kappa shape index (κ3) is 6.17. The van der Waals surface area contributed by atoms with Gasteiger partial charge in [0.2, 0.25) is 15.9 Å². The van der Waals surface area contributed by atoms with Crippen LogP contribution in [-0.4, -0.2) is 63.0 Å². The molecule has 0 N–H and O–H groups in total. The second kappa shape index (κ2) is 11.3. The third-order valence-electron chi connectivity index (χ3n) is 6.70. The van der Waals surface area contributed by atoms with Gasteiger partial charge in [-0.3, -0.25) is 4.79 Å². The molecule has 2 fully saturated rings. The van der Waals surface area contributed by atoms with Crippen molar-refractivity contribution in [3.63, 3.8) is 0 Å². The number of piperidine rings is 1. The second-order valence-corrected chi connectivity index (χ2v) is 11.0. The van der Waals surface area contributed by atoms with Crippen molar-refractivity contribution in [1.29, 1.82) is 0 Å². The fourth-order valence-corrected chi connectivity index (χ4v) is 6.38. The van der Waals surface area contributed by atoms with Gasteiger partial charge in [0.25, 0.3) is 0 Å². The van der Waals surface area contributed by atoms with Gasteiger partial charge in [-0.05, 0) is 37.3 Å². The van der Waals surface area contributed by atoms with Crippen LogP contribution in [0.1, 0.15) is 36.8 Å². The Hall–Kier alpha value is -2.42. The minimum atomic E-state index is -3.41. The summed E-state index contributed by atoms with van der Waals surface area (Å²) in [4.78, 5) is 15.5. The minimum Gasteiger partial charge on any atom is -0.496 e. The molecule has 0 radical (unpaired) electrons. The number of ether oxygens (including phenoxy) is 2. The van der Waals surface area contributed by atoms with Gasteiger partial charge in [0.05, 0.1) is 19.0 Å². The zero-order valence-electron chi connectivity index (χ0n) is 19.8. The number of para-hydroxylation sites is 1. The topological polar surface area (TPSA) is 76.2 Å². The molecule has 8 heteroatoms. The first kappa shape index (κ1) is 24.7. The molecule has 2 aromatic carbocycles. The van der Waals surface area contributed by atoms with E-state index in [2.05, 4.69) is 0 Å². The first-order chi connectivity index (χ1) is 16.5. The second-order valence-electron chi connectivity index (χ2n) is 9.08. The standard InChI is InChI=1S/C26H34N2O5S/c1-32-25-12-6-5-10-23(25)18-27(19-24-11-7-17-33-24)26(29)22-13-15-28(16-14-22)34(30,31)20-21-8-3-2-4-9-21/h2-6,8-10,12,22,24H,7,11,13-20H2,1H3. The molecular weight excluding hydrogens is 452 g/mol. The van der Waals surface area contributed by atoms with Crippen LogP contribution in [0.2, 0.25) is 0 Å². The Morgan fingerprint density at radius 1 is 1.06 bits per heavy atom. The summed E-state index contributed by atoms with van der Waals surface area (Å²) in [6, 6.07) is 17.0. The van der Waals surface area contributed by atoms with Gasteiger partial charge in [0.15, 0.2) is 0 Å². The molecule has 184 valence electrons. The van der Waals surface area contributed by atoms with Crippen LogP contribution in [0, 0.1) is 5.92 Å². The molecule has 4 rings (SSSR count). The van der Waals surface area contributed by atoms with Gasteiger partial charge in [-0.2, -0.15) is 0 Å². The molecule has 1 amide bonds. The van der Waals surface area contributed by atoms with E-state index in [1.165, 1.54) is 4.31 Å². The molecule has 2 saturated heterocycles. The van der Waals surface area contributed by atoms with Crippen LogP contribution in [0.4, 0.5) is 0 Å². The number of amides is 1. The minimum absolute atomic E-state index is 0.00853. The zero-order chi connectivity index (χ0) is 24.0. The van der Waals surface area contributed by atoms with Crippen LogP contribution in [0.5, 0.6) is 5.75 Å². The lowest BCUT2D eigenvalue weighted by Crippen LogP contribution is -2.46. The number of hydrogen-bond acceptors (Lipinski definition) is 5. The molecule has 1 unspecified atom stereocenters. The summed E-state index contributed by atoms with van der Waals surface area (Å²) < 4.78 is 38.7. The van der Waals surface area contributed by atoms with E-state index in [1.807, 2.05) is 59.5 Å². The smallest absolute Gasteiger partial charge is 0.226 e. The van der Waals surface area contributed by atoms with E-state index in [0.29, 0.717) is 39.0 Å². The molecule has 0 aromatic heterocycles. The van der Waals surface area contributed by atoms with Gasteiger partial charge < -0.3 is 14.4 Å². The Balaban J connectivity index is 1.41. The normalized spacial score (nSPS) is 19.7. The molecule has 2 aliphatic heterocycles. The van der Waals surface area contributed by atoms with Gasteiger partial charge in [-0.25, -0.2) is 12.7 Å². The van der Waals surface area contributed by atoms with Gasteiger partial charge in [-0.1, -0.05) is 48.5 Å². The van der Waals surface area contributed by atoms with Crippen molar-refractivity contribution in [2.24, 2.45) is 5.92 Å². The molecule has 0 aliphatic carbocycles. The molecule has 34 heavy (non-hydrogen) atoms. The van der Waals surface area contributed by atoms with Crippen molar-refractivity contribution >= 4 is 15.9 Å². The summed E-state index contributed by atoms with van der Waals surface area (Å²) >= 11 is 0. The summed E-state index contributed by atoms with van der Waals surface area (Å²) in [5.41, 5.74) is 1.74. The Morgan fingerprint density at radius 2 is 1.76 bits per heavy atom. The molecular formula is C26H34N2O5S. The number of nitrogens with zero attached hydrogens (tertiary/aromatic N) is 2. The van der Waals surface area contributed by atoms with Gasteiger partial charge in [0.1, 0.15) is 5.75 Å². The number of carbonyl (C=O) groups excluding carboxylic acids is 1. The first-order valence-electron chi connectivity index (χ1n) is 12.0.